The summed E-state index contributed by atoms with van der Waals surface area (Å²) in [4.78, 5) is 11.3. The minimum absolute atomic E-state index is 0.0781. The maximum atomic E-state index is 11.3. The van der Waals surface area contributed by atoms with Gasteiger partial charge in [-0.25, -0.2) is 4.79 Å². The lowest BCUT2D eigenvalue weighted by Crippen LogP contribution is -2.43. The van der Waals surface area contributed by atoms with E-state index in [-0.39, 0.29) is 11.6 Å². The van der Waals surface area contributed by atoms with Gasteiger partial charge in [-0.3, -0.25) is 0 Å². The van der Waals surface area contributed by atoms with E-state index in [0.717, 1.165) is 36.8 Å². The van der Waals surface area contributed by atoms with Crippen LogP contribution in [0, 0.1) is 0 Å². The maximum absolute atomic E-state index is 11.3. The first-order valence-electron chi connectivity index (χ1n) is 7.43. The Kier molecular flexibility index (Phi) is 5.27. The van der Waals surface area contributed by atoms with E-state index in [0.29, 0.717) is 11.3 Å². The quantitative estimate of drug-likeness (QED) is 0.826. The van der Waals surface area contributed by atoms with Crippen LogP contribution in [-0.2, 0) is 4.74 Å². The maximum Gasteiger partial charge on any atom is 0.337 e. The van der Waals surface area contributed by atoms with Gasteiger partial charge in [0.25, 0.3) is 0 Å². The Labute approximate surface area is 134 Å². The summed E-state index contributed by atoms with van der Waals surface area (Å²) in [5, 5.41) is 12.7. The molecule has 0 aromatic heterocycles. The zero-order chi connectivity index (χ0) is 15.5. The molecule has 2 rings (SSSR count). The summed E-state index contributed by atoms with van der Waals surface area (Å²) in [5.41, 5.74) is 0.902. The highest BCUT2D eigenvalue weighted by Crippen LogP contribution is 2.33. The van der Waals surface area contributed by atoms with Crippen molar-refractivity contribution in [2.45, 2.75) is 51.2 Å². The number of hydrogen-bond acceptors (Lipinski definition) is 3. The molecule has 5 heteroatoms. The smallest absolute Gasteiger partial charge is 0.337 e. The van der Waals surface area contributed by atoms with Crippen molar-refractivity contribution in [2.24, 2.45) is 0 Å². The molecule has 1 atom stereocenters. The summed E-state index contributed by atoms with van der Waals surface area (Å²) in [7, 11) is 0. The Morgan fingerprint density at radius 3 is 2.81 bits per heavy atom. The lowest BCUT2D eigenvalue weighted by molar-refractivity contribution is -0.0864. The van der Waals surface area contributed by atoms with E-state index in [1.165, 1.54) is 0 Å². The zero-order valence-corrected chi connectivity index (χ0v) is 14.1. The van der Waals surface area contributed by atoms with E-state index in [2.05, 4.69) is 35.1 Å². The number of ether oxygens (including phenoxy) is 1. The fourth-order valence-corrected chi connectivity index (χ4v) is 3.30. The van der Waals surface area contributed by atoms with Crippen LogP contribution >= 0.6 is 15.9 Å². The number of anilines is 1. The van der Waals surface area contributed by atoms with E-state index in [4.69, 9.17) is 4.74 Å². The van der Waals surface area contributed by atoms with Crippen LogP contribution < -0.4 is 5.32 Å². The van der Waals surface area contributed by atoms with E-state index < -0.39 is 5.97 Å². The summed E-state index contributed by atoms with van der Waals surface area (Å²) < 4.78 is 6.84. The van der Waals surface area contributed by atoms with Gasteiger partial charge in [0.15, 0.2) is 0 Å². The standard InChI is InChI=1S/C16H22BrNO3/c1-3-16(4-2)10-12(7-8-21-16)18-14-9-11(17)5-6-13(14)15(19)20/h5-6,9,12,18H,3-4,7-8,10H2,1-2H3,(H,19,20). The highest BCUT2D eigenvalue weighted by atomic mass is 79.9. The minimum atomic E-state index is -0.908. The first-order valence-corrected chi connectivity index (χ1v) is 8.22. The molecule has 1 aromatic rings. The van der Waals surface area contributed by atoms with Crippen molar-refractivity contribution in [3.05, 3.63) is 28.2 Å². The molecule has 0 radical (unpaired) electrons. The predicted molar refractivity (Wildman–Crippen MR) is 87.0 cm³/mol. The molecule has 2 N–H and O–H groups in total. The van der Waals surface area contributed by atoms with Crippen molar-refractivity contribution >= 4 is 27.6 Å². The first-order chi connectivity index (χ1) is 9.99. The molecule has 0 saturated carbocycles. The molecular weight excluding hydrogens is 334 g/mol. The third-order valence-electron chi connectivity index (χ3n) is 4.35. The van der Waals surface area contributed by atoms with Crippen LogP contribution in [0.1, 0.15) is 49.9 Å². The van der Waals surface area contributed by atoms with E-state index in [1.54, 1.807) is 12.1 Å². The van der Waals surface area contributed by atoms with Crippen molar-refractivity contribution in [2.75, 3.05) is 11.9 Å². The molecule has 0 spiro atoms. The fraction of sp³-hybridized carbons (Fsp3) is 0.562. The lowest BCUT2D eigenvalue weighted by Gasteiger charge is -2.40. The summed E-state index contributed by atoms with van der Waals surface area (Å²) >= 11 is 3.40. The normalized spacial score (nSPS) is 21.0. The minimum Gasteiger partial charge on any atom is -0.478 e. The molecule has 1 saturated heterocycles. The summed E-state index contributed by atoms with van der Waals surface area (Å²) in [6, 6.07) is 5.45. The van der Waals surface area contributed by atoms with Crippen LogP contribution in [0.2, 0.25) is 0 Å². The Bertz CT molecular complexity index is 514. The summed E-state index contributed by atoms with van der Waals surface area (Å²) in [5.74, 6) is -0.908. The second-order valence-electron chi connectivity index (χ2n) is 5.57. The highest BCUT2D eigenvalue weighted by molar-refractivity contribution is 9.10. The Hall–Kier alpha value is -1.07. The van der Waals surface area contributed by atoms with Crippen LogP contribution in [0.25, 0.3) is 0 Å². The predicted octanol–water partition coefficient (Wildman–Crippen LogP) is 4.30. The molecule has 4 nitrogen and oxygen atoms in total. The van der Waals surface area contributed by atoms with Gasteiger partial charge in [0.1, 0.15) is 0 Å². The summed E-state index contributed by atoms with van der Waals surface area (Å²) in [6.07, 6.45) is 3.76. The number of nitrogens with one attached hydrogen (secondary N) is 1. The van der Waals surface area contributed by atoms with Crippen LogP contribution in [-0.4, -0.2) is 29.3 Å². The van der Waals surface area contributed by atoms with Gasteiger partial charge in [0, 0.05) is 17.1 Å². The molecule has 1 heterocycles. The number of carboxylic acid groups (broad SMARTS) is 1. The van der Waals surface area contributed by atoms with Crippen molar-refractivity contribution in [3.63, 3.8) is 0 Å². The van der Waals surface area contributed by atoms with Crippen molar-refractivity contribution in [3.8, 4) is 0 Å². The van der Waals surface area contributed by atoms with Gasteiger partial charge in [-0.05, 0) is 43.9 Å². The van der Waals surface area contributed by atoms with Gasteiger partial charge in [-0.1, -0.05) is 29.8 Å². The molecule has 1 aromatic carbocycles. The van der Waals surface area contributed by atoms with Gasteiger partial charge in [-0.2, -0.15) is 0 Å². The third-order valence-corrected chi connectivity index (χ3v) is 4.85. The highest BCUT2D eigenvalue weighted by Gasteiger charge is 2.34. The topological polar surface area (TPSA) is 58.6 Å². The van der Waals surface area contributed by atoms with Gasteiger partial charge in [0.2, 0.25) is 0 Å². The largest absolute Gasteiger partial charge is 0.478 e. The monoisotopic (exact) mass is 355 g/mol. The molecule has 116 valence electrons. The number of carboxylic acids is 1. The van der Waals surface area contributed by atoms with Gasteiger partial charge >= 0.3 is 5.97 Å². The van der Waals surface area contributed by atoms with Crippen molar-refractivity contribution < 1.29 is 14.6 Å². The molecule has 0 aliphatic carbocycles. The van der Waals surface area contributed by atoms with Crippen LogP contribution in [0.5, 0.6) is 0 Å². The SMILES string of the molecule is CCC1(CC)CC(Nc2cc(Br)ccc2C(=O)O)CCO1. The van der Waals surface area contributed by atoms with Crippen molar-refractivity contribution in [1.29, 1.82) is 0 Å². The summed E-state index contributed by atoms with van der Waals surface area (Å²) in [6.45, 7) is 5.01. The Morgan fingerprint density at radius 2 is 2.19 bits per heavy atom. The van der Waals surface area contributed by atoms with Crippen LogP contribution in [0.4, 0.5) is 5.69 Å². The lowest BCUT2D eigenvalue weighted by atomic mass is 9.85. The number of hydrogen-bond donors (Lipinski definition) is 2. The zero-order valence-electron chi connectivity index (χ0n) is 12.5. The third kappa shape index (κ3) is 3.77. The average molecular weight is 356 g/mol. The molecule has 1 fully saturated rings. The molecule has 21 heavy (non-hydrogen) atoms. The molecule has 1 aliphatic rings. The average Bonchev–Trinajstić information content (AvgIpc) is 2.47. The fourth-order valence-electron chi connectivity index (χ4n) is 2.94. The number of benzene rings is 1. The van der Waals surface area contributed by atoms with Crippen LogP contribution in [0.15, 0.2) is 22.7 Å². The molecule has 0 bridgehead atoms. The number of carbonyl (C=O) groups is 1. The van der Waals surface area contributed by atoms with Crippen LogP contribution in [0.3, 0.4) is 0 Å². The molecular formula is C16H22BrNO3. The number of halogens is 1. The Balaban J connectivity index is 2.18. The number of rotatable bonds is 5. The van der Waals surface area contributed by atoms with Gasteiger partial charge < -0.3 is 15.2 Å². The van der Waals surface area contributed by atoms with Crippen molar-refractivity contribution in [1.82, 2.24) is 0 Å². The second kappa shape index (κ2) is 6.79. The first kappa shape index (κ1) is 16.3. The van der Waals surface area contributed by atoms with E-state index in [1.807, 2.05) is 6.07 Å². The molecule has 1 unspecified atom stereocenters. The van der Waals surface area contributed by atoms with Gasteiger partial charge in [0.05, 0.1) is 16.9 Å². The Morgan fingerprint density at radius 1 is 1.48 bits per heavy atom. The van der Waals surface area contributed by atoms with E-state index >= 15 is 0 Å². The second-order valence-corrected chi connectivity index (χ2v) is 6.48. The molecule has 1 aliphatic heterocycles. The van der Waals surface area contributed by atoms with E-state index in [9.17, 15) is 9.90 Å². The van der Waals surface area contributed by atoms with Gasteiger partial charge in [-0.15, -0.1) is 0 Å². The molecule has 0 amide bonds. The number of aromatic carboxylic acids is 1.